The van der Waals surface area contributed by atoms with Gasteiger partial charge in [0.15, 0.2) is 5.75 Å². The minimum absolute atomic E-state index is 0.142. The predicted molar refractivity (Wildman–Crippen MR) is 86.2 cm³/mol. The summed E-state index contributed by atoms with van der Waals surface area (Å²) in [6, 6.07) is 4.75. The lowest BCUT2D eigenvalue weighted by Crippen LogP contribution is -2.63. The number of amides is 2. The summed E-state index contributed by atoms with van der Waals surface area (Å²) in [4.78, 5) is 23.7. The highest BCUT2D eigenvalue weighted by Gasteiger charge is 2.86. The van der Waals surface area contributed by atoms with E-state index in [2.05, 4.69) is 4.18 Å². The maximum absolute atomic E-state index is 13.9. The summed E-state index contributed by atoms with van der Waals surface area (Å²) >= 11 is 0. The van der Waals surface area contributed by atoms with Crippen LogP contribution in [0.25, 0.3) is 10.8 Å². The van der Waals surface area contributed by atoms with E-state index in [0.29, 0.717) is 6.07 Å². The van der Waals surface area contributed by atoms with Gasteiger partial charge in [-0.3, -0.25) is 14.9 Å². The number of hydrogen-bond donors (Lipinski definition) is 1. The number of rotatable bonds is 5. The van der Waals surface area contributed by atoms with E-state index in [9.17, 15) is 57.5 Å². The van der Waals surface area contributed by atoms with E-state index in [4.69, 9.17) is 0 Å². The molecule has 0 aromatic heterocycles. The molecule has 0 unspecified atom stereocenters. The Hall–Kier alpha value is -3.04. The van der Waals surface area contributed by atoms with Crippen LogP contribution < -0.4 is 9.50 Å². The molecule has 2 aromatic carbocycles. The summed E-state index contributed by atoms with van der Waals surface area (Å²) in [5.41, 5.74) is -1.01. The number of halogens is 9. The van der Waals surface area contributed by atoms with Crippen LogP contribution in [-0.4, -0.2) is 43.5 Å². The third-order valence-corrected chi connectivity index (χ3v) is 5.62. The third kappa shape index (κ3) is 3.07. The predicted octanol–water partition coefficient (Wildman–Crippen LogP) is 3.86. The van der Waals surface area contributed by atoms with E-state index < -0.39 is 67.5 Å². The minimum atomic E-state index is -7.49. The van der Waals surface area contributed by atoms with Crippen molar-refractivity contribution in [3.8, 4) is 5.75 Å². The van der Waals surface area contributed by atoms with Gasteiger partial charge < -0.3 is 4.18 Å². The van der Waals surface area contributed by atoms with Crippen LogP contribution in [0.1, 0.15) is 20.7 Å². The zero-order chi connectivity index (χ0) is 24.5. The van der Waals surface area contributed by atoms with Gasteiger partial charge in [-0.1, -0.05) is 18.2 Å². The zero-order valence-corrected chi connectivity index (χ0v) is 15.6. The third-order valence-electron chi connectivity index (χ3n) is 4.34. The molecule has 2 amide bonds. The summed E-state index contributed by atoms with van der Waals surface area (Å²) in [5, 5.41) is -6.12. The number of alkyl halides is 9. The van der Waals surface area contributed by atoms with Gasteiger partial charge in [0.25, 0.3) is 11.8 Å². The standard InChI is InChI=1S/C16H6F9NO5S/c17-13(18,15(21,22)23)14(19,20)16(24,25)32(29,30)31-8-3-1-2-6-4-5-7-10(9(6)8)12(28)26-11(7)27/h1-5H,(H,26,27,28). The van der Waals surface area contributed by atoms with Crippen LogP contribution in [0.15, 0.2) is 30.3 Å². The molecular weight excluding hydrogens is 489 g/mol. The van der Waals surface area contributed by atoms with Gasteiger partial charge >= 0.3 is 33.4 Å². The molecule has 0 fully saturated rings. The number of imide groups is 1. The smallest absolute Gasteiger partial charge is 0.377 e. The van der Waals surface area contributed by atoms with Crippen molar-refractivity contribution in [2.24, 2.45) is 0 Å². The second-order valence-electron chi connectivity index (χ2n) is 6.33. The van der Waals surface area contributed by atoms with E-state index >= 15 is 0 Å². The first-order valence-corrected chi connectivity index (χ1v) is 9.33. The van der Waals surface area contributed by atoms with Crippen molar-refractivity contribution in [3.05, 3.63) is 41.5 Å². The molecule has 16 heteroatoms. The molecule has 1 heterocycles. The minimum Gasteiger partial charge on any atom is -0.377 e. The Balaban J connectivity index is 2.17. The first kappa shape index (κ1) is 23.6. The Bertz CT molecular complexity index is 1250. The molecule has 0 saturated carbocycles. The number of nitrogens with one attached hydrogen (secondary N) is 1. The molecule has 0 atom stereocenters. The Morgan fingerprint density at radius 2 is 1.38 bits per heavy atom. The SMILES string of the molecule is O=C1NC(=O)c2c1ccc1cccc(OS(=O)(=O)C(F)(F)C(F)(F)C(F)(F)C(F)(F)F)c21. The maximum atomic E-state index is 13.9. The van der Waals surface area contributed by atoms with E-state index in [0.717, 1.165) is 24.3 Å². The van der Waals surface area contributed by atoms with Crippen molar-refractivity contribution in [2.75, 3.05) is 0 Å². The van der Waals surface area contributed by atoms with Gasteiger partial charge in [-0.2, -0.15) is 47.9 Å². The van der Waals surface area contributed by atoms with Gasteiger partial charge in [0.2, 0.25) is 0 Å². The van der Waals surface area contributed by atoms with Crippen LogP contribution in [0.5, 0.6) is 5.75 Å². The molecule has 0 radical (unpaired) electrons. The molecule has 6 nitrogen and oxygen atoms in total. The monoisotopic (exact) mass is 495 g/mol. The topological polar surface area (TPSA) is 89.5 Å². The van der Waals surface area contributed by atoms with E-state index in [-0.39, 0.29) is 5.39 Å². The molecule has 3 rings (SSSR count). The largest absolute Gasteiger partial charge is 0.460 e. The number of carbonyl (C=O) groups is 2. The Kier molecular flexibility index (Phi) is 4.97. The summed E-state index contributed by atoms with van der Waals surface area (Å²) in [5.74, 6) is -18.4. The second kappa shape index (κ2) is 6.73. The van der Waals surface area contributed by atoms with Gasteiger partial charge in [0.1, 0.15) is 0 Å². The van der Waals surface area contributed by atoms with Crippen molar-refractivity contribution in [2.45, 2.75) is 23.3 Å². The molecule has 0 spiro atoms. The van der Waals surface area contributed by atoms with Gasteiger partial charge in [-0.05, 0) is 17.5 Å². The number of fused-ring (bicyclic) bond motifs is 3. The highest BCUT2D eigenvalue weighted by atomic mass is 32.2. The van der Waals surface area contributed by atoms with Crippen LogP contribution in [0.2, 0.25) is 0 Å². The average molecular weight is 495 g/mol. The van der Waals surface area contributed by atoms with Crippen LogP contribution >= 0.6 is 0 Å². The lowest BCUT2D eigenvalue weighted by molar-refractivity contribution is -0.382. The molecule has 2 aromatic rings. The molecule has 1 aliphatic heterocycles. The first-order valence-electron chi connectivity index (χ1n) is 7.92. The fourth-order valence-corrected chi connectivity index (χ4v) is 3.68. The average Bonchev–Trinajstić information content (AvgIpc) is 2.94. The quantitative estimate of drug-likeness (QED) is 0.387. The molecular formula is C16H6F9NO5S. The zero-order valence-electron chi connectivity index (χ0n) is 14.7. The first-order chi connectivity index (χ1) is 14.4. The molecule has 0 aliphatic carbocycles. The van der Waals surface area contributed by atoms with E-state index in [1.165, 1.54) is 0 Å². The molecule has 0 bridgehead atoms. The summed E-state index contributed by atoms with van der Waals surface area (Å²) in [6.45, 7) is 0. The van der Waals surface area contributed by atoms with Crippen LogP contribution in [0.4, 0.5) is 39.5 Å². The molecule has 1 N–H and O–H groups in total. The lowest BCUT2D eigenvalue weighted by atomic mass is 10.00. The Labute approximate surface area is 171 Å². The number of benzene rings is 2. The Morgan fingerprint density at radius 3 is 1.94 bits per heavy atom. The summed E-state index contributed by atoms with van der Waals surface area (Å²) in [6.07, 6.45) is -7.24. The summed E-state index contributed by atoms with van der Waals surface area (Å²) < 4.78 is 145. The maximum Gasteiger partial charge on any atom is 0.460 e. The fraction of sp³-hybridized carbons (Fsp3) is 0.250. The van der Waals surface area contributed by atoms with E-state index in [1.54, 1.807) is 5.32 Å². The molecule has 32 heavy (non-hydrogen) atoms. The molecule has 174 valence electrons. The van der Waals surface area contributed by atoms with Gasteiger partial charge in [-0.15, -0.1) is 0 Å². The fourth-order valence-electron chi connectivity index (χ4n) is 2.76. The molecule has 1 aliphatic rings. The van der Waals surface area contributed by atoms with E-state index in [1.807, 2.05) is 0 Å². The molecule has 0 saturated heterocycles. The van der Waals surface area contributed by atoms with Gasteiger partial charge in [0, 0.05) is 5.39 Å². The van der Waals surface area contributed by atoms with Crippen LogP contribution in [-0.2, 0) is 10.1 Å². The van der Waals surface area contributed by atoms with Crippen molar-refractivity contribution < 1.29 is 61.7 Å². The van der Waals surface area contributed by atoms with Crippen LogP contribution in [0.3, 0.4) is 0 Å². The van der Waals surface area contributed by atoms with Crippen LogP contribution in [0, 0.1) is 0 Å². The highest BCUT2D eigenvalue weighted by molar-refractivity contribution is 7.88. The summed E-state index contributed by atoms with van der Waals surface area (Å²) in [7, 11) is -7.23. The normalized spacial score (nSPS) is 15.7. The van der Waals surface area contributed by atoms with Gasteiger partial charge in [-0.25, -0.2) is 0 Å². The van der Waals surface area contributed by atoms with Crippen molar-refractivity contribution in [3.63, 3.8) is 0 Å². The Morgan fingerprint density at radius 1 is 0.781 bits per heavy atom. The van der Waals surface area contributed by atoms with Crippen molar-refractivity contribution >= 4 is 32.7 Å². The van der Waals surface area contributed by atoms with Crippen molar-refractivity contribution in [1.29, 1.82) is 0 Å². The lowest BCUT2D eigenvalue weighted by Gasteiger charge is -2.32. The second-order valence-corrected chi connectivity index (χ2v) is 7.91. The van der Waals surface area contributed by atoms with Gasteiger partial charge in [0.05, 0.1) is 11.1 Å². The van der Waals surface area contributed by atoms with Crippen molar-refractivity contribution in [1.82, 2.24) is 5.32 Å². The number of carbonyl (C=O) groups excluding carboxylic acids is 2. The highest BCUT2D eigenvalue weighted by Crippen LogP contribution is 2.55. The number of hydrogen-bond acceptors (Lipinski definition) is 5.